The van der Waals surface area contributed by atoms with Crippen LogP contribution < -0.4 is 5.32 Å². The average Bonchev–Trinajstić information content (AvgIpc) is 3.37. The Morgan fingerprint density at radius 1 is 1.07 bits per heavy atom. The number of nitrogens with zero attached hydrogens (tertiary/aromatic N) is 1. The van der Waals surface area contributed by atoms with E-state index >= 15 is 0 Å². The molecule has 1 amide bonds. The summed E-state index contributed by atoms with van der Waals surface area (Å²) in [6.45, 7) is 5.14. The molecule has 4 atom stereocenters. The average molecular weight is 595 g/mol. The molecule has 1 heterocycles. The second-order valence-corrected chi connectivity index (χ2v) is 13.2. The van der Waals surface area contributed by atoms with Gasteiger partial charge in [0.25, 0.3) is 5.91 Å². The monoisotopic (exact) mass is 594 g/mol. The highest BCUT2D eigenvalue weighted by Gasteiger charge is 2.41. The van der Waals surface area contributed by atoms with Gasteiger partial charge in [-0.05, 0) is 97.8 Å². The van der Waals surface area contributed by atoms with E-state index in [1.54, 1.807) is 11.8 Å². The Bertz CT molecular complexity index is 1180. The Balaban J connectivity index is 1.66. The van der Waals surface area contributed by atoms with Crippen molar-refractivity contribution in [3.8, 4) is 11.1 Å². The van der Waals surface area contributed by atoms with Crippen LogP contribution in [0.4, 0.5) is 0 Å². The fourth-order valence-corrected chi connectivity index (χ4v) is 7.73. The fraction of sp³-hybridized carbons (Fsp3) is 0.600. The van der Waals surface area contributed by atoms with Gasteiger partial charge in [0.1, 0.15) is 6.04 Å². The second-order valence-electron chi connectivity index (χ2n) is 12.2. The van der Waals surface area contributed by atoms with Crippen LogP contribution in [0.5, 0.6) is 0 Å². The highest BCUT2D eigenvalue weighted by atomic mass is 32.2. The van der Waals surface area contributed by atoms with E-state index in [1.807, 2.05) is 31.6 Å². The topological polar surface area (TPSA) is 78.9 Å². The van der Waals surface area contributed by atoms with Crippen molar-refractivity contribution in [3.05, 3.63) is 59.2 Å². The molecule has 1 aliphatic heterocycles. The van der Waals surface area contributed by atoms with Gasteiger partial charge >= 0.3 is 5.97 Å². The first-order chi connectivity index (χ1) is 20.4. The summed E-state index contributed by atoms with van der Waals surface area (Å²) in [5, 5.41) is 12.5. The van der Waals surface area contributed by atoms with Gasteiger partial charge in [-0.15, -0.1) is 0 Å². The van der Waals surface area contributed by atoms with Crippen molar-refractivity contribution in [2.24, 2.45) is 5.92 Å². The van der Waals surface area contributed by atoms with Crippen molar-refractivity contribution >= 4 is 23.6 Å². The molecule has 230 valence electrons. The Morgan fingerprint density at radius 2 is 1.83 bits per heavy atom. The summed E-state index contributed by atoms with van der Waals surface area (Å²) in [4.78, 5) is 28.2. The molecule has 1 saturated heterocycles. The van der Waals surface area contributed by atoms with Crippen LogP contribution in [0.25, 0.3) is 11.1 Å². The number of likely N-dealkylation sites (tertiary alicyclic amines) is 1. The van der Waals surface area contributed by atoms with Gasteiger partial charge < -0.3 is 15.2 Å². The standard InChI is InChI=1S/C35H50N2O4S/c1-5-11-27-17-19-32(33(41-3)26-13-7-6-8-14-26)37(27)23-25-16-18-29(30(22-25)28-15-10-9-12-24(28)2)34(38)36-31(35(39)40)20-21-42-4/h9-10,12,15-16,18,22,26-27,31-33H,5-8,11,13-14,17,19-21,23H2,1-4H3,(H,36,38)(H,39,40)/t27-,31+,32+,33?/m1/s1. The predicted molar refractivity (Wildman–Crippen MR) is 173 cm³/mol. The molecule has 7 heteroatoms. The number of amides is 1. The molecule has 2 aromatic rings. The Hall–Kier alpha value is -2.35. The summed E-state index contributed by atoms with van der Waals surface area (Å²) in [6, 6.07) is 14.2. The van der Waals surface area contributed by atoms with E-state index in [-0.39, 0.29) is 12.0 Å². The van der Waals surface area contributed by atoms with E-state index < -0.39 is 12.0 Å². The number of rotatable bonds is 14. The molecule has 1 aliphatic carbocycles. The number of carboxylic acids is 1. The zero-order valence-electron chi connectivity index (χ0n) is 25.9. The second kappa shape index (κ2) is 15.9. The maximum Gasteiger partial charge on any atom is 0.326 e. The van der Waals surface area contributed by atoms with E-state index in [9.17, 15) is 14.7 Å². The van der Waals surface area contributed by atoms with E-state index in [2.05, 4.69) is 48.3 Å². The molecule has 0 spiro atoms. The third kappa shape index (κ3) is 7.97. The Labute approximate surface area is 257 Å². The lowest BCUT2D eigenvalue weighted by molar-refractivity contribution is -0.139. The molecule has 2 N–H and O–H groups in total. The maximum atomic E-state index is 13.6. The van der Waals surface area contributed by atoms with Gasteiger partial charge in [0.05, 0.1) is 6.10 Å². The van der Waals surface area contributed by atoms with Crippen molar-refractivity contribution in [3.63, 3.8) is 0 Å². The first-order valence-corrected chi connectivity index (χ1v) is 17.3. The van der Waals surface area contributed by atoms with E-state index in [0.717, 1.165) is 36.1 Å². The fourth-order valence-electron chi connectivity index (χ4n) is 7.26. The van der Waals surface area contributed by atoms with Gasteiger partial charge in [0, 0.05) is 31.3 Å². The number of aliphatic carboxylic acids is 1. The van der Waals surface area contributed by atoms with Crippen LogP contribution in [0.3, 0.4) is 0 Å². The number of nitrogens with one attached hydrogen (secondary N) is 1. The molecule has 2 aromatic carbocycles. The van der Waals surface area contributed by atoms with Gasteiger partial charge in [-0.2, -0.15) is 11.8 Å². The molecule has 2 fully saturated rings. The van der Waals surface area contributed by atoms with Crippen LogP contribution in [0.1, 0.15) is 92.6 Å². The lowest BCUT2D eigenvalue weighted by Crippen LogP contribution is -2.46. The molecular formula is C35H50N2O4S. The van der Waals surface area contributed by atoms with Gasteiger partial charge in [-0.25, -0.2) is 4.79 Å². The largest absolute Gasteiger partial charge is 0.480 e. The lowest BCUT2D eigenvalue weighted by atomic mass is 9.82. The van der Waals surface area contributed by atoms with Crippen molar-refractivity contribution in [1.29, 1.82) is 0 Å². The van der Waals surface area contributed by atoms with Crippen LogP contribution in [-0.4, -0.2) is 65.2 Å². The van der Waals surface area contributed by atoms with E-state index in [1.165, 1.54) is 50.5 Å². The van der Waals surface area contributed by atoms with Crippen LogP contribution >= 0.6 is 11.8 Å². The van der Waals surface area contributed by atoms with E-state index in [4.69, 9.17) is 4.74 Å². The summed E-state index contributed by atoms with van der Waals surface area (Å²) in [5.41, 5.74) is 4.63. The summed E-state index contributed by atoms with van der Waals surface area (Å²) in [6.07, 6.45) is 13.7. The van der Waals surface area contributed by atoms with Crippen LogP contribution in [0.2, 0.25) is 0 Å². The SMILES string of the molecule is CCC[C@@H]1CC[C@@H](C(OC)C2CCCCC2)N1Cc1ccc(C(=O)N[C@@H](CCSC)C(=O)O)c(-c2ccccc2C)c1. The Morgan fingerprint density at radius 3 is 2.50 bits per heavy atom. The number of benzene rings is 2. The lowest BCUT2D eigenvalue weighted by Gasteiger charge is -2.39. The summed E-state index contributed by atoms with van der Waals surface area (Å²) >= 11 is 1.58. The molecule has 0 bridgehead atoms. The Kier molecular flexibility index (Phi) is 12.3. The number of methoxy groups -OCH3 is 1. The van der Waals surface area contributed by atoms with Crippen molar-refractivity contribution in [1.82, 2.24) is 10.2 Å². The molecule has 2 aliphatic rings. The third-order valence-corrected chi connectivity index (χ3v) is 10.1. The number of carbonyl (C=O) groups is 2. The number of ether oxygens (including phenoxy) is 1. The zero-order valence-corrected chi connectivity index (χ0v) is 26.8. The van der Waals surface area contributed by atoms with E-state index in [0.29, 0.717) is 35.7 Å². The third-order valence-electron chi connectivity index (χ3n) is 9.42. The number of aryl methyl sites for hydroxylation is 1. The van der Waals surface area contributed by atoms with Crippen LogP contribution in [0.15, 0.2) is 42.5 Å². The minimum absolute atomic E-state index is 0.252. The summed E-state index contributed by atoms with van der Waals surface area (Å²) in [5.74, 6) is -0.0502. The molecule has 6 nitrogen and oxygen atoms in total. The van der Waals surface area contributed by atoms with Gasteiger partial charge in [-0.3, -0.25) is 9.69 Å². The smallest absolute Gasteiger partial charge is 0.326 e. The summed E-state index contributed by atoms with van der Waals surface area (Å²) < 4.78 is 6.27. The number of carboxylic acid groups (broad SMARTS) is 1. The quantitative estimate of drug-likeness (QED) is 0.239. The molecule has 4 rings (SSSR count). The molecule has 1 unspecified atom stereocenters. The van der Waals surface area contributed by atoms with Gasteiger partial charge in [0.2, 0.25) is 0 Å². The van der Waals surface area contributed by atoms with Crippen molar-refractivity contribution in [2.75, 3.05) is 19.1 Å². The number of carbonyl (C=O) groups excluding carboxylic acids is 1. The van der Waals surface area contributed by atoms with Crippen LogP contribution in [0, 0.1) is 12.8 Å². The highest BCUT2D eigenvalue weighted by Crippen LogP contribution is 2.38. The normalized spacial score (nSPS) is 21.2. The summed E-state index contributed by atoms with van der Waals surface area (Å²) in [7, 11) is 1.90. The predicted octanol–water partition coefficient (Wildman–Crippen LogP) is 7.33. The first kappa shape index (κ1) is 32.6. The minimum atomic E-state index is -1.00. The zero-order chi connectivity index (χ0) is 30.1. The number of thioether (sulfide) groups is 1. The first-order valence-electron chi connectivity index (χ1n) is 15.9. The highest BCUT2D eigenvalue weighted by molar-refractivity contribution is 7.98. The molecular weight excluding hydrogens is 544 g/mol. The minimum Gasteiger partial charge on any atom is -0.480 e. The van der Waals surface area contributed by atoms with Crippen LogP contribution in [-0.2, 0) is 16.1 Å². The molecule has 0 radical (unpaired) electrons. The number of hydrogen-bond donors (Lipinski definition) is 2. The van der Waals surface area contributed by atoms with Crippen molar-refractivity contribution in [2.45, 2.75) is 109 Å². The molecule has 0 aromatic heterocycles. The van der Waals surface area contributed by atoms with Gasteiger partial charge in [0.15, 0.2) is 0 Å². The van der Waals surface area contributed by atoms with Gasteiger partial charge in [-0.1, -0.05) is 62.9 Å². The van der Waals surface area contributed by atoms with Crippen molar-refractivity contribution < 1.29 is 19.4 Å². The maximum absolute atomic E-state index is 13.6. The number of hydrogen-bond acceptors (Lipinski definition) is 5. The molecule has 1 saturated carbocycles. The molecule has 42 heavy (non-hydrogen) atoms.